The number of rotatable bonds is 4. The summed E-state index contributed by atoms with van der Waals surface area (Å²) in [4.78, 5) is 8.65. The highest BCUT2D eigenvalue weighted by Gasteiger charge is 2.05. The summed E-state index contributed by atoms with van der Waals surface area (Å²) in [5, 5.41) is 9.32. The topological polar surface area (TPSA) is 68.0 Å². The molecule has 0 spiro atoms. The summed E-state index contributed by atoms with van der Waals surface area (Å²) < 4.78 is 11.1. The van der Waals surface area contributed by atoms with Crippen LogP contribution in [0.4, 0.5) is 0 Å². The van der Waals surface area contributed by atoms with Crippen molar-refractivity contribution in [3.05, 3.63) is 53.7 Å². The van der Waals surface area contributed by atoms with Gasteiger partial charge in [0.1, 0.15) is 17.6 Å². The van der Waals surface area contributed by atoms with Crippen LogP contribution in [0.2, 0.25) is 5.02 Å². The average Bonchev–Trinajstić information content (AvgIpc) is 2.56. The number of nitriles is 1. The highest BCUT2D eigenvalue weighted by molar-refractivity contribution is 6.31. The molecule has 0 amide bonds. The zero-order valence-electron chi connectivity index (χ0n) is 12.2. The maximum Gasteiger partial charge on any atom is 0.238 e. The molecule has 1 atom stereocenters. The molecule has 1 aromatic heterocycles. The zero-order chi connectivity index (χ0) is 16.2. The predicted octanol–water partition coefficient (Wildman–Crippen LogP) is 4.37. The summed E-state index contributed by atoms with van der Waals surface area (Å²) in [6.07, 6.45) is 1.05. The van der Waals surface area contributed by atoms with E-state index in [0.29, 0.717) is 27.9 Å². The van der Waals surface area contributed by atoms with Gasteiger partial charge in [-0.05, 0) is 49.4 Å². The van der Waals surface area contributed by atoms with Crippen molar-refractivity contribution in [1.29, 1.82) is 5.26 Å². The third kappa shape index (κ3) is 3.68. The molecule has 0 aliphatic rings. The molecule has 0 aliphatic heterocycles. The van der Waals surface area contributed by atoms with Gasteiger partial charge in [0.25, 0.3) is 0 Å². The second-order valence-corrected chi connectivity index (χ2v) is 5.24. The lowest BCUT2D eigenvalue weighted by Gasteiger charge is -2.09. The van der Waals surface area contributed by atoms with Crippen molar-refractivity contribution in [2.45, 2.75) is 13.0 Å². The Morgan fingerprint density at radius 1 is 1.09 bits per heavy atom. The Kier molecular flexibility index (Phi) is 4.26. The second-order valence-electron chi connectivity index (χ2n) is 4.80. The van der Waals surface area contributed by atoms with Crippen LogP contribution in [-0.2, 0) is 0 Å². The van der Waals surface area contributed by atoms with Crippen LogP contribution >= 0.6 is 11.6 Å². The summed E-state index contributed by atoms with van der Waals surface area (Å²) in [5.41, 5.74) is 1.41. The molecule has 0 bridgehead atoms. The van der Waals surface area contributed by atoms with E-state index in [0.717, 1.165) is 5.52 Å². The predicted molar refractivity (Wildman–Crippen MR) is 86.8 cm³/mol. The third-order valence-corrected chi connectivity index (χ3v) is 3.26. The van der Waals surface area contributed by atoms with Gasteiger partial charge in [-0.25, -0.2) is 9.97 Å². The molecule has 3 rings (SSSR count). The standard InChI is InChI=1S/C17H12ClN3O2/c1-11(9-19)22-13-3-5-14(6-4-13)23-17-10-20-15-7-2-12(18)8-16(15)21-17/h2-8,10-11H,1H3. The van der Waals surface area contributed by atoms with Gasteiger partial charge in [0.15, 0.2) is 6.10 Å². The van der Waals surface area contributed by atoms with Gasteiger partial charge in [-0.3, -0.25) is 0 Å². The number of benzene rings is 2. The number of ether oxygens (including phenoxy) is 2. The van der Waals surface area contributed by atoms with Crippen LogP contribution in [-0.4, -0.2) is 16.1 Å². The highest BCUT2D eigenvalue weighted by Crippen LogP contribution is 2.24. The lowest BCUT2D eigenvalue weighted by atomic mass is 10.3. The maximum atomic E-state index is 8.73. The maximum absolute atomic E-state index is 8.73. The third-order valence-electron chi connectivity index (χ3n) is 3.02. The van der Waals surface area contributed by atoms with E-state index in [-0.39, 0.29) is 0 Å². The van der Waals surface area contributed by atoms with Crippen molar-refractivity contribution in [2.75, 3.05) is 0 Å². The first-order valence-electron chi connectivity index (χ1n) is 6.90. The van der Waals surface area contributed by atoms with Crippen molar-refractivity contribution in [3.63, 3.8) is 0 Å². The van der Waals surface area contributed by atoms with Gasteiger partial charge in [0.05, 0.1) is 17.2 Å². The molecule has 0 aliphatic carbocycles. The lowest BCUT2D eigenvalue weighted by molar-refractivity contribution is 0.276. The number of hydrogen-bond donors (Lipinski definition) is 0. The van der Waals surface area contributed by atoms with Crippen LogP contribution in [0.1, 0.15) is 6.92 Å². The fraction of sp³-hybridized carbons (Fsp3) is 0.118. The van der Waals surface area contributed by atoms with E-state index in [9.17, 15) is 0 Å². The first-order valence-corrected chi connectivity index (χ1v) is 7.28. The minimum Gasteiger partial charge on any atom is -0.476 e. The molecule has 0 fully saturated rings. The number of nitrogens with zero attached hydrogens (tertiary/aromatic N) is 3. The molecule has 114 valence electrons. The number of aromatic nitrogens is 2. The normalized spacial score (nSPS) is 11.7. The molecule has 0 N–H and O–H groups in total. The van der Waals surface area contributed by atoms with Gasteiger partial charge >= 0.3 is 0 Å². The second kappa shape index (κ2) is 6.51. The molecule has 3 aromatic rings. The number of fused-ring (bicyclic) bond motifs is 1. The molecule has 0 saturated carbocycles. The summed E-state index contributed by atoms with van der Waals surface area (Å²) in [6.45, 7) is 1.68. The highest BCUT2D eigenvalue weighted by atomic mass is 35.5. The van der Waals surface area contributed by atoms with E-state index in [1.807, 2.05) is 6.07 Å². The van der Waals surface area contributed by atoms with Crippen LogP contribution in [0.5, 0.6) is 17.4 Å². The van der Waals surface area contributed by atoms with E-state index in [1.165, 1.54) is 0 Å². The molecule has 1 unspecified atom stereocenters. The van der Waals surface area contributed by atoms with E-state index in [2.05, 4.69) is 9.97 Å². The van der Waals surface area contributed by atoms with Gasteiger partial charge in [-0.1, -0.05) is 11.6 Å². The summed E-state index contributed by atoms with van der Waals surface area (Å²) in [7, 11) is 0. The number of hydrogen-bond acceptors (Lipinski definition) is 5. The fourth-order valence-electron chi connectivity index (χ4n) is 1.95. The molecule has 6 heteroatoms. The number of halogens is 1. The largest absolute Gasteiger partial charge is 0.476 e. The van der Waals surface area contributed by atoms with Gasteiger partial charge < -0.3 is 9.47 Å². The molecule has 0 saturated heterocycles. The Hall–Kier alpha value is -2.84. The van der Waals surface area contributed by atoms with Crippen LogP contribution in [0.3, 0.4) is 0 Å². The van der Waals surface area contributed by atoms with Crippen LogP contribution in [0, 0.1) is 11.3 Å². The summed E-state index contributed by atoms with van der Waals surface area (Å²) in [5.74, 6) is 1.57. The Morgan fingerprint density at radius 2 is 1.83 bits per heavy atom. The van der Waals surface area contributed by atoms with Crippen LogP contribution in [0.15, 0.2) is 48.7 Å². The molecular weight excluding hydrogens is 314 g/mol. The first-order chi connectivity index (χ1) is 11.1. The molecule has 5 nitrogen and oxygen atoms in total. The zero-order valence-corrected chi connectivity index (χ0v) is 13.0. The van der Waals surface area contributed by atoms with E-state index in [4.69, 9.17) is 26.3 Å². The summed E-state index contributed by atoms with van der Waals surface area (Å²) >= 11 is 5.96. The van der Waals surface area contributed by atoms with Gasteiger partial charge in [-0.2, -0.15) is 5.26 Å². The van der Waals surface area contributed by atoms with Crippen molar-refractivity contribution in [2.24, 2.45) is 0 Å². The Balaban J connectivity index is 1.77. The van der Waals surface area contributed by atoms with E-state index >= 15 is 0 Å². The Labute approximate surface area is 138 Å². The van der Waals surface area contributed by atoms with Gasteiger partial charge in [-0.15, -0.1) is 0 Å². The lowest BCUT2D eigenvalue weighted by Crippen LogP contribution is -2.07. The molecule has 2 aromatic carbocycles. The fourth-order valence-corrected chi connectivity index (χ4v) is 2.12. The molecular formula is C17H12ClN3O2. The molecule has 1 heterocycles. The quantitative estimate of drug-likeness (QED) is 0.712. The minimum absolute atomic E-state index is 0.374. The minimum atomic E-state index is -0.502. The molecule has 23 heavy (non-hydrogen) atoms. The smallest absolute Gasteiger partial charge is 0.238 e. The summed E-state index contributed by atoms with van der Waals surface area (Å²) in [6, 6.07) is 14.2. The van der Waals surface area contributed by atoms with Crippen molar-refractivity contribution in [3.8, 4) is 23.4 Å². The van der Waals surface area contributed by atoms with E-state index in [1.54, 1.807) is 55.6 Å². The van der Waals surface area contributed by atoms with Gasteiger partial charge in [0.2, 0.25) is 5.88 Å². The Bertz CT molecular complexity index is 875. The van der Waals surface area contributed by atoms with Crippen molar-refractivity contribution in [1.82, 2.24) is 9.97 Å². The average molecular weight is 326 g/mol. The monoisotopic (exact) mass is 325 g/mol. The molecule has 0 radical (unpaired) electrons. The first kappa shape index (κ1) is 15.1. The van der Waals surface area contributed by atoms with Gasteiger partial charge in [0, 0.05) is 5.02 Å². The van der Waals surface area contributed by atoms with Crippen LogP contribution < -0.4 is 9.47 Å². The van der Waals surface area contributed by atoms with E-state index < -0.39 is 6.10 Å². The van der Waals surface area contributed by atoms with Crippen LogP contribution in [0.25, 0.3) is 11.0 Å². The van der Waals surface area contributed by atoms with Crippen molar-refractivity contribution >= 4 is 22.6 Å². The Morgan fingerprint density at radius 3 is 2.57 bits per heavy atom. The SMILES string of the molecule is CC(C#N)Oc1ccc(Oc2cnc3ccc(Cl)cc3n2)cc1. The van der Waals surface area contributed by atoms with Crippen molar-refractivity contribution < 1.29 is 9.47 Å².